The van der Waals surface area contributed by atoms with Crippen molar-refractivity contribution >= 4 is 11.6 Å². The molecule has 2 rings (SSSR count). The van der Waals surface area contributed by atoms with Gasteiger partial charge in [-0.15, -0.1) is 0 Å². The molecule has 0 amide bonds. The van der Waals surface area contributed by atoms with Gasteiger partial charge in [-0.1, -0.05) is 17.7 Å². The first-order chi connectivity index (χ1) is 8.06. The standard InChI is InChI=1S/C12H15ClN4/c1-9-6-15-17(7-9)12(2,8-14)10-4-3-5-11(13)16-10/h3-7H,8,14H2,1-2H3. The zero-order valence-electron chi connectivity index (χ0n) is 9.89. The largest absolute Gasteiger partial charge is 0.328 e. The van der Waals surface area contributed by atoms with Gasteiger partial charge < -0.3 is 5.73 Å². The molecule has 2 aromatic heterocycles. The van der Waals surface area contributed by atoms with Gasteiger partial charge in [0.2, 0.25) is 0 Å². The Kier molecular flexibility index (Phi) is 3.17. The number of aryl methyl sites for hydroxylation is 1. The molecule has 0 spiro atoms. The first-order valence-corrected chi connectivity index (χ1v) is 5.79. The molecule has 2 heterocycles. The lowest BCUT2D eigenvalue weighted by Gasteiger charge is -2.28. The molecule has 0 aliphatic rings. The number of nitrogens with two attached hydrogens (primary N) is 1. The number of aromatic nitrogens is 3. The predicted octanol–water partition coefficient (Wildman–Crippen LogP) is 1.96. The van der Waals surface area contributed by atoms with Crippen LogP contribution in [0.5, 0.6) is 0 Å². The Morgan fingerprint density at radius 2 is 2.24 bits per heavy atom. The molecule has 2 aromatic rings. The third-order valence-electron chi connectivity index (χ3n) is 2.88. The van der Waals surface area contributed by atoms with Gasteiger partial charge >= 0.3 is 0 Å². The summed E-state index contributed by atoms with van der Waals surface area (Å²) in [5, 5.41) is 4.78. The number of rotatable bonds is 3. The zero-order valence-corrected chi connectivity index (χ0v) is 10.6. The molecule has 0 aliphatic heterocycles. The minimum Gasteiger partial charge on any atom is -0.328 e. The maximum absolute atomic E-state index is 5.92. The van der Waals surface area contributed by atoms with Crippen LogP contribution < -0.4 is 5.73 Å². The van der Waals surface area contributed by atoms with Gasteiger partial charge in [-0.2, -0.15) is 5.10 Å². The van der Waals surface area contributed by atoms with Crippen LogP contribution in [-0.2, 0) is 5.54 Å². The molecule has 4 nitrogen and oxygen atoms in total. The van der Waals surface area contributed by atoms with E-state index in [4.69, 9.17) is 17.3 Å². The van der Waals surface area contributed by atoms with Crippen LogP contribution in [0.1, 0.15) is 18.2 Å². The van der Waals surface area contributed by atoms with Crippen molar-refractivity contribution < 1.29 is 0 Å². The molecule has 90 valence electrons. The second-order valence-corrected chi connectivity index (χ2v) is 4.67. The molecule has 1 atom stereocenters. The molecular formula is C12H15ClN4. The third-order valence-corrected chi connectivity index (χ3v) is 3.09. The lowest BCUT2D eigenvalue weighted by molar-refractivity contribution is 0.354. The summed E-state index contributed by atoms with van der Waals surface area (Å²) in [6.45, 7) is 4.39. The average Bonchev–Trinajstić information content (AvgIpc) is 2.75. The highest BCUT2D eigenvalue weighted by Crippen LogP contribution is 2.24. The highest BCUT2D eigenvalue weighted by molar-refractivity contribution is 6.29. The van der Waals surface area contributed by atoms with E-state index in [0.717, 1.165) is 11.3 Å². The summed E-state index contributed by atoms with van der Waals surface area (Å²) in [6.07, 6.45) is 3.76. The molecule has 0 aliphatic carbocycles. The van der Waals surface area contributed by atoms with E-state index in [9.17, 15) is 0 Å². The predicted molar refractivity (Wildman–Crippen MR) is 68.0 cm³/mol. The summed E-state index contributed by atoms with van der Waals surface area (Å²) in [5.74, 6) is 0. The number of nitrogens with zero attached hydrogens (tertiary/aromatic N) is 3. The van der Waals surface area contributed by atoms with Gasteiger partial charge in [-0.3, -0.25) is 4.68 Å². The summed E-state index contributed by atoms with van der Waals surface area (Å²) in [4.78, 5) is 4.33. The van der Waals surface area contributed by atoms with Crippen LogP contribution in [0.2, 0.25) is 5.15 Å². The third kappa shape index (κ3) is 2.18. The van der Waals surface area contributed by atoms with E-state index in [-0.39, 0.29) is 0 Å². The molecule has 5 heteroatoms. The smallest absolute Gasteiger partial charge is 0.129 e. The summed E-state index contributed by atoms with van der Waals surface area (Å²) in [7, 11) is 0. The molecule has 17 heavy (non-hydrogen) atoms. The lowest BCUT2D eigenvalue weighted by Crippen LogP contribution is -2.40. The fourth-order valence-corrected chi connectivity index (χ4v) is 1.87. The van der Waals surface area contributed by atoms with Crippen molar-refractivity contribution in [3.05, 3.63) is 47.0 Å². The zero-order chi connectivity index (χ0) is 12.5. The van der Waals surface area contributed by atoms with Gasteiger partial charge in [0.1, 0.15) is 10.7 Å². The van der Waals surface area contributed by atoms with Crippen molar-refractivity contribution in [1.82, 2.24) is 14.8 Å². The number of hydrogen-bond acceptors (Lipinski definition) is 3. The second kappa shape index (κ2) is 4.47. The van der Waals surface area contributed by atoms with E-state index < -0.39 is 5.54 Å². The highest BCUT2D eigenvalue weighted by atomic mass is 35.5. The number of halogens is 1. The van der Waals surface area contributed by atoms with Gasteiger partial charge in [0, 0.05) is 12.7 Å². The van der Waals surface area contributed by atoms with Crippen LogP contribution in [0.25, 0.3) is 0 Å². The van der Waals surface area contributed by atoms with E-state index in [1.54, 1.807) is 12.3 Å². The van der Waals surface area contributed by atoms with Crippen LogP contribution in [0.4, 0.5) is 0 Å². The van der Waals surface area contributed by atoms with Crippen LogP contribution in [0, 0.1) is 6.92 Å². The Bertz CT molecular complexity index is 523. The molecule has 0 radical (unpaired) electrons. The monoisotopic (exact) mass is 250 g/mol. The minimum atomic E-state index is -0.473. The molecule has 0 saturated heterocycles. The first kappa shape index (κ1) is 12.1. The Balaban J connectivity index is 2.51. The maximum atomic E-state index is 5.92. The highest BCUT2D eigenvalue weighted by Gasteiger charge is 2.29. The number of hydrogen-bond donors (Lipinski definition) is 1. The molecule has 0 aromatic carbocycles. The molecule has 0 bridgehead atoms. The van der Waals surface area contributed by atoms with Gasteiger partial charge in [0.15, 0.2) is 0 Å². The maximum Gasteiger partial charge on any atom is 0.129 e. The average molecular weight is 251 g/mol. The summed E-state index contributed by atoms with van der Waals surface area (Å²) in [6, 6.07) is 5.53. The SMILES string of the molecule is Cc1cnn(C(C)(CN)c2cccc(Cl)n2)c1. The topological polar surface area (TPSA) is 56.7 Å². The van der Waals surface area contributed by atoms with Crippen LogP contribution in [-0.4, -0.2) is 21.3 Å². The molecule has 0 fully saturated rings. The van der Waals surface area contributed by atoms with E-state index in [0.29, 0.717) is 11.7 Å². The van der Waals surface area contributed by atoms with Crippen molar-refractivity contribution in [2.24, 2.45) is 5.73 Å². The van der Waals surface area contributed by atoms with Crippen molar-refractivity contribution in [2.75, 3.05) is 6.54 Å². The van der Waals surface area contributed by atoms with Crippen LogP contribution in [0.3, 0.4) is 0 Å². The summed E-state index contributed by atoms with van der Waals surface area (Å²) in [5.41, 5.74) is 7.32. The molecule has 2 N–H and O–H groups in total. The van der Waals surface area contributed by atoms with E-state index >= 15 is 0 Å². The van der Waals surface area contributed by atoms with Gasteiger partial charge in [0.05, 0.1) is 11.9 Å². The number of pyridine rings is 1. The first-order valence-electron chi connectivity index (χ1n) is 5.41. The summed E-state index contributed by atoms with van der Waals surface area (Å²) < 4.78 is 1.83. The lowest BCUT2D eigenvalue weighted by atomic mass is 9.97. The van der Waals surface area contributed by atoms with E-state index in [2.05, 4.69) is 10.1 Å². The Hall–Kier alpha value is -1.39. The Morgan fingerprint density at radius 3 is 2.76 bits per heavy atom. The van der Waals surface area contributed by atoms with Gasteiger partial charge in [-0.05, 0) is 31.5 Å². The van der Waals surface area contributed by atoms with E-state index in [1.165, 1.54) is 0 Å². The second-order valence-electron chi connectivity index (χ2n) is 4.29. The summed E-state index contributed by atoms with van der Waals surface area (Å²) >= 11 is 5.92. The van der Waals surface area contributed by atoms with E-state index in [1.807, 2.05) is 36.9 Å². The van der Waals surface area contributed by atoms with Crippen LogP contribution >= 0.6 is 11.6 Å². The van der Waals surface area contributed by atoms with Crippen LogP contribution in [0.15, 0.2) is 30.6 Å². The van der Waals surface area contributed by atoms with Gasteiger partial charge in [0.25, 0.3) is 0 Å². The van der Waals surface area contributed by atoms with Crippen molar-refractivity contribution in [1.29, 1.82) is 0 Å². The normalized spacial score (nSPS) is 14.6. The molecule has 0 saturated carbocycles. The van der Waals surface area contributed by atoms with Crippen molar-refractivity contribution in [2.45, 2.75) is 19.4 Å². The molecular weight excluding hydrogens is 236 g/mol. The van der Waals surface area contributed by atoms with Crippen molar-refractivity contribution in [3.63, 3.8) is 0 Å². The molecule has 1 unspecified atom stereocenters. The minimum absolute atomic E-state index is 0.404. The van der Waals surface area contributed by atoms with Crippen molar-refractivity contribution in [3.8, 4) is 0 Å². The quantitative estimate of drug-likeness (QED) is 0.848. The fourth-order valence-electron chi connectivity index (χ4n) is 1.71. The Labute approximate surface area is 105 Å². The fraction of sp³-hybridized carbons (Fsp3) is 0.333. The Morgan fingerprint density at radius 1 is 1.47 bits per heavy atom. The van der Waals surface area contributed by atoms with Gasteiger partial charge in [-0.25, -0.2) is 4.98 Å².